The molecular formula is C22H29NO3S. The molecule has 1 aliphatic carbocycles. The summed E-state index contributed by atoms with van der Waals surface area (Å²) in [6.45, 7) is 14.5. The number of allylic oxidation sites excluding steroid dienone is 5. The van der Waals surface area contributed by atoms with Gasteiger partial charge in [-0.3, -0.25) is 4.79 Å². The van der Waals surface area contributed by atoms with Crippen LogP contribution in [0.25, 0.3) is 0 Å². The number of thioether (sulfide) groups is 1. The number of hydrogen-bond acceptors (Lipinski definition) is 4. The average Bonchev–Trinajstić information content (AvgIpc) is 3.40. The van der Waals surface area contributed by atoms with Crippen molar-refractivity contribution in [3.63, 3.8) is 0 Å². The largest absolute Gasteiger partial charge is 0.492 e. The van der Waals surface area contributed by atoms with E-state index in [1.165, 1.54) is 0 Å². The summed E-state index contributed by atoms with van der Waals surface area (Å²) < 4.78 is 5.96. The third-order valence-electron chi connectivity index (χ3n) is 4.82. The average molecular weight is 388 g/mol. The SMILES string of the molecule is C=C/C(=C(C)\C(C)=C(/C)OCc1cccc(SC(C)C)n1)C1CC1C(=O)O. The predicted octanol–water partition coefficient (Wildman–Crippen LogP) is 5.62. The Hall–Kier alpha value is -2.01. The van der Waals surface area contributed by atoms with Crippen molar-refractivity contribution in [2.75, 3.05) is 0 Å². The zero-order valence-electron chi connectivity index (χ0n) is 16.8. The van der Waals surface area contributed by atoms with Gasteiger partial charge in [-0.1, -0.05) is 32.6 Å². The molecule has 2 atom stereocenters. The van der Waals surface area contributed by atoms with E-state index < -0.39 is 5.97 Å². The molecule has 0 aliphatic heterocycles. The van der Waals surface area contributed by atoms with Crippen LogP contribution in [0.1, 0.15) is 46.7 Å². The van der Waals surface area contributed by atoms with Crippen LogP contribution in [-0.2, 0) is 16.1 Å². The van der Waals surface area contributed by atoms with Crippen molar-refractivity contribution < 1.29 is 14.6 Å². The molecule has 0 amide bonds. The number of ether oxygens (including phenoxy) is 1. The standard InChI is InChI=1S/C22H29NO3S/c1-7-18(19-11-20(19)22(24)25)15(5)14(4)16(6)26-12-17-9-8-10-21(23-17)27-13(2)3/h7-10,13,19-20H,1,11-12H2,2-6H3,(H,24,25)/b16-14+,18-15+. The molecule has 1 saturated carbocycles. The maximum atomic E-state index is 11.2. The van der Waals surface area contributed by atoms with Crippen molar-refractivity contribution in [3.8, 4) is 0 Å². The fraction of sp³-hybridized carbons (Fsp3) is 0.455. The van der Waals surface area contributed by atoms with Gasteiger partial charge in [0.15, 0.2) is 0 Å². The Morgan fingerprint density at radius 2 is 2.04 bits per heavy atom. The van der Waals surface area contributed by atoms with Crippen LogP contribution in [0.15, 0.2) is 58.4 Å². The van der Waals surface area contributed by atoms with Crippen LogP contribution in [0, 0.1) is 11.8 Å². The molecule has 4 nitrogen and oxygen atoms in total. The van der Waals surface area contributed by atoms with Gasteiger partial charge in [0.25, 0.3) is 0 Å². The first-order chi connectivity index (χ1) is 12.7. The van der Waals surface area contributed by atoms with Crippen LogP contribution < -0.4 is 0 Å². The zero-order chi connectivity index (χ0) is 20.1. The van der Waals surface area contributed by atoms with E-state index >= 15 is 0 Å². The Labute approximate surface area is 166 Å². The van der Waals surface area contributed by atoms with Crippen LogP contribution in [0.3, 0.4) is 0 Å². The number of pyridine rings is 1. The number of hydrogen-bond donors (Lipinski definition) is 1. The molecule has 0 bridgehead atoms. The minimum atomic E-state index is -0.730. The molecule has 1 aliphatic rings. The summed E-state index contributed by atoms with van der Waals surface area (Å²) in [6, 6.07) is 5.98. The van der Waals surface area contributed by atoms with Crippen molar-refractivity contribution in [1.82, 2.24) is 4.98 Å². The molecule has 0 saturated heterocycles. The van der Waals surface area contributed by atoms with Gasteiger partial charge in [0, 0.05) is 5.25 Å². The quantitative estimate of drug-likeness (QED) is 0.339. The molecule has 0 aromatic carbocycles. The van der Waals surface area contributed by atoms with Gasteiger partial charge in [-0.25, -0.2) is 4.98 Å². The van der Waals surface area contributed by atoms with Crippen LogP contribution in [0.2, 0.25) is 0 Å². The summed E-state index contributed by atoms with van der Waals surface area (Å²) in [4.78, 5) is 15.8. The molecule has 0 radical (unpaired) electrons. The van der Waals surface area contributed by atoms with E-state index in [-0.39, 0.29) is 11.8 Å². The van der Waals surface area contributed by atoms with Crippen LogP contribution in [0.4, 0.5) is 0 Å². The van der Waals surface area contributed by atoms with Crippen molar-refractivity contribution >= 4 is 17.7 Å². The normalized spacial score (nSPS) is 20.7. The van der Waals surface area contributed by atoms with E-state index in [0.29, 0.717) is 18.3 Å². The molecule has 1 aromatic rings. The van der Waals surface area contributed by atoms with E-state index in [1.54, 1.807) is 17.8 Å². The summed E-state index contributed by atoms with van der Waals surface area (Å²) in [5.74, 6) is -0.128. The number of aromatic nitrogens is 1. The smallest absolute Gasteiger partial charge is 0.307 e. The van der Waals surface area contributed by atoms with E-state index in [2.05, 4.69) is 25.4 Å². The maximum Gasteiger partial charge on any atom is 0.307 e. The molecule has 1 N–H and O–H groups in total. The highest BCUT2D eigenvalue weighted by molar-refractivity contribution is 7.99. The molecular weight excluding hydrogens is 358 g/mol. The van der Waals surface area contributed by atoms with Gasteiger partial charge < -0.3 is 9.84 Å². The lowest BCUT2D eigenvalue weighted by Gasteiger charge is -2.14. The lowest BCUT2D eigenvalue weighted by atomic mass is 9.97. The Morgan fingerprint density at radius 3 is 2.59 bits per heavy atom. The minimum Gasteiger partial charge on any atom is -0.492 e. The lowest BCUT2D eigenvalue weighted by Crippen LogP contribution is -2.03. The topological polar surface area (TPSA) is 59.4 Å². The highest BCUT2D eigenvalue weighted by Crippen LogP contribution is 2.46. The minimum absolute atomic E-state index is 0.0640. The Balaban J connectivity index is 2.09. The summed E-state index contributed by atoms with van der Waals surface area (Å²) >= 11 is 1.73. The van der Waals surface area contributed by atoms with E-state index in [4.69, 9.17) is 4.74 Å². The summed E-state index contributed by atoms with van der Waals surface area (Å²) in [7, 11) is 0. The fourth-order valence-corrected chi connectivity index (χ4v) is 3.82. The first-order valence-corrected chi connectivity index (χ1v) is 10.1. The Kier molecular flexibility index (Phi) is 7.31. The van der Waals surface area contributed by atoms with Crippen LogP contribution >= 0.6 is 11.8 Å². The second-order valence-electron chi connectivity index (χ2n) is 7.18. The number of aliphatic carboxylic acids is 1. The number of carboxylic acids is 1. The second kappa shape index (κ2) is 9.27. The van der Waals surface area contributed by atoms with Gasteiger partial charge in [0.2, 0.25) is 0 Å². The molecule has 0 spiro atoms. The van der Waals surface area contributed by atoms with Gasteiger partial charge >= 0.3 is 5.97 Å². The van der Waals surface area contributed by atoms with Gasteiger partial charge in [-0.2, -0.15) is 0 Å². The van der Waals surface area contributed by atoms with Crippen LogP contribution in [-0.4, -0.2) is 21.3 Å². The molecule has 2 unspecified atom stereocenters. The number of nitrogens with zero attached hydrogens (tertiary/aromatic N) is 1. The first kappa shape index (κ1) is 21.3. The molecule has 146 valence electrons. The number of carboxylic acid groups (broad SMARTS) is 1. The van der Waals surface area contributed by atoms with Crippen LogP contribution in [0.5, 0.6) is 0 Å². The highest BCUT2D eigenvalue weighted by Gasteiger charge is 2.45. The third kappa shape index (κ3) is 5.73. The van der Waals surface area contributed by atoms with Crippen molar-refractivity contribution in [3.05, 3.63) is 59.0 Å². The summed E-state index contributed by atoms with van der Waals surface area (Å²) in [5, 5.41) is 10.7. The molecule has 5 heteroatoms. The zero-order valence-corrected chi connectivity index (χ0v) is 17.6. The Morgan fingerprint density at radius 1 is 1.33 bits per heavy atom. The first-order valence-electron chi connectivity index (χ1n) is 9.23. The fourth-order valence-electron chi connectivity index (χ4n) is 3.01. The molecule has 1 heterocycles. The van der Waals surface area contributed by atoms with Crippen molar-refractivity contribution in [1.29, 1.82) is 0 Å². The molecule has 2 rings (SSSR count). The van der Waals surface area contributed by atoms with E-state index in [9.17, 15) is 9.90 Å². The van der Waals surface area contributed by atoms with E-state index in [1.807, 2.05) is 39.0 Å². The van der Waals surface area contributed by atoms with Gasteiger partial charge in [-0.15, -0.1) is 11.8 Å². The lowest BCUT2D eigenvalue weighted by molar-refractivity contribution is -0.138. The van der Waals surface area contributed by atoms with Gasteiger partial charge in [0.05, 0.1) is 22.4 Å². The van der Waals surface area contributed by atoms with Gasteiger partial charge in [-0.05, 0) is 62.0 Å². The van der Waals surface area contributed by atoms with Crippen molar-refractivity contribution in [2.24, 2.45) is 11.8 Å². The predicted molar refractivity (Wildman–Crippen MR) is 111 cm³/mol. The summed E-state index contributed by atoms with van der Waals surface area (Å²) in [6.07, 6.45) is 2.47. The second-order valence-corrected chi connectivity index (χ2v) is 8.77. The monoisotopic (exact) mass is 387 g/mol. The number of carbonyl (C=O) groups is 1. The van der Waals surface area contributed by atoms with Crippen molar-refractivity contribution in [2.45, 2.75) is 57.9 Å². The Bertz CT molecular complexity index is 780. The highest BCUT2D eigenvalue weighted by atomic mass is 32.2. The molecule has 1 fully saturated rings. The molecule has 27 heavy (non-hydrogen) atoms. The molecule has 1 aromatic heterocycles. The van der Waals surface area contributed by atoms with E-state index in [0.717, 1.165) is 33.2 Å². The third-order valence-corrected chi connectivity index (χ3v) is 5.77. The number of rotatable bonds is 9. The maximum absolute atomic E-state index is 11.2. The van der Waals surface area contributed by atoms with Gasteiger partial charge in [0.1, 0.15) is 6.61 Å². The summed E-state index contributed by atoms with van der Waals surface area (Å²) in [5.41, 5.74) is 3.98.